The van der Waals surface area contributed by atoms with E-state index in [1.807, 2.05) is 56.3 Å². The van der Waals surface area contributed by atoms with Gasteiger partial charge in [0.25, 0.3) is 5.91 Å². The van der Waals surface area contributed by atoms with Crippen molar-refractivity contribution < 1.29 is 14.3 Å². The molecule has 0 aliphatic heterocycles. The Kier molecular flexibility index (Phi) is 8.13. The highest BCUT2D eigenvalue weighted by atomic mass is 79.9. The Bertz CT molecular complexity index is 925. The van der Waals surface area contributed by atoms with E-state index in [1.165, 1.54) is 0 Å². The van der Waals surface area contributed by atoms with Gasteiger partial charge < -0.3 is 15.0 Å². The van der Waals surface area contributed by atoms with E-state index in [2.05, 4.69) is 21.2 Å². The summed E-state index contributed by atoms with van der Waals surface area (Å²) in [5.74, 6) is 0.316. The van der Waals surface area contributed by atoms with Gasteiger partial charge in [-0.3, -0.25) is 9.59 Å². The van der Waals surface area contributed by atoms with Gasteiger partial charge in [0.05, 0.1) is 0 Å². The molecule has 2 aromatic rings. The number of halogens is 1. The van der Waals surface area contributed by atoms with E-state index in [0.717, 1.165) is 46.8 Å². The topological polar surface area (TPSA) is 58.6 Å². The third-order valence-electron chi connectivity index (χ3n) is 5.80. The van der Waals surface area contributed by atoms with Crippen LogP contribution in [0.2, 0.25) is 0 Å². The number of carbonyl (C=O) groups is 2. The average molecular weight is 487 g/mol. The lowest BCUT2D eigenvalue weighted by molar-refractivity contribution is -0.142. The van der Waals surface area contributed by atoms with Gasteiger partial charge in [-0.2, -0.15) is 0 Å². The van der Waals surface area contributed by atoms with Crippen LogP contribution in [0, 0.1) is 13.8 Å². The van der Waals surface area contributed by atoms with Gasteiger partial charge >= 0.3 is 0 Å². The van der Waals surface area contributed by atoms with E-state index in [0.29, 0.717) is 12.3 Å². The molecule has 1 aliphatic carbocycles. The minimum Gasteiger partial charge on any atom is -0.484 e. The first kappa shape index (κ1) is 23.3. The van der Waals surface area contributed by atoms with Crippen molar-refractivity contribution in [3.63, 3.8) is 0 Å². The molecule has 0 unspecified atom stereocenters. The molecule has 3 rings (SSSR count). The summed E-state index contributed by atoms with van der Waals surface area (Å²) in [6.45, 7) is 6.03. The van der Waals surface area contributed by atoms with Crippen molar-refractivity contribution in [1.82, 2.24) is 10.2 Å². The Labute approximate surface area is 193 Å². The van der Waals surface area contributed by atoms with E-state index in [9.17, 15) is 9.59 Å². The van der Waals surface area contributed by atoms with E-state index in [4.69, 9.17) is 4.74 Å². The number of carbonyl (C=O) groups excluding carboxylic acids is 2. The molecular formula is C25H31BrN2O3. The summed E-state index contributed by atoms with van der Waals surface area (Å²) in [6, 6.07) is 13.3. The van der Waals surface area contributed by atoms with Crippen LogP contribution < -0.4 is 10.1 Å². The summed E-state index contributed by atoms with van der Waals surface area (Å²) in [6.07, 6.45) is 4.31. The molecule has 0 heterocycles. The quantitative estimate of drug-likeness (QED) is 0.575. The van der Waals surface area contributed by atoms with Crippen LogP contribution in [0.4, 0.5) is 0 Å². The van der Waals surface area contributed by atoms with Crippen LogP contribution in [0.25, 0.3) is 0 Å². The van der Waals surface area contributed by atoms with Gasteiger partial charge in [0.15, 0.2) is 6.61 Å². The average Bonchev–Trinajstić information content (AvgIpc) is 3.25. The Hall–Kier alpha value is -2.34. The summed E-state index contributed by atoms with van der Waals surface area (Å²) in [7, 11) is 0. The predicted molar refractivity (Wildman–Crippen MR) is 126 cm³/mol. The lowest BCUT2D eigenvalue weighted by atomic mass is 10.1. The summed E-state index contributed by atoms with van der Waals surface area (Å²) in [5.41, 5.74) is 3.15. The third kappa shape index (κ3) is 6.57. The normalized spacial score (nSPS) is 14.8. The highest BCUT2D eigenvalue weighted by Crippen LogP contribution is 2.22. The van der Waals surface area contributed by atoms with E-state index < -0.39 is 6.04 Å². The van der Waals surface area contributed by atoms with Gasteiger partial charge in [-0.05, 0) is 62.9 Å². The minimum atomic E-state index is -0.580. The number of benzene rings is 2. The minimum absolute atomic E-state index is 0.104. The maximum Gasteiger partial charge on any atom is 0.261 e. The molecule has 166 valence electrons. The Morgan fingerprint density at radius 1 is 1.16 bits per heavy atom. The van der Waals surface area contributed by atoms with Crippen LogP contribution in [0.1, 0.15) is 49.3 Å². The predicted octanol–water partition coefficient (Wildman–Crippen LogP) is 4.92. The van der Waals surface area contributed by atoms with E-state index in [-0.39, 0.29) is 24.5 Å². The van der Waals surface area contributed by atoms with Gasteiger partial charge in [0, 0.05) is 17.1 Å². The van der Waals surface area contributed by atoms with E-state index >= 15 is 0 Å². The zero-order chi connectivity index (χ0) is 22.4. The van der Waals surface area contributed by atoms with Crippen LogP contribution in [-0.2, 0) is 16.1 Å². The number of nitrogens with one attached hydrogen (secondary N) is 1. The molecule has 0 radical (unpaired) electrons. The van der Waals surface area contributed by atoms with Crippen LogP contribution in [-0.4, -0.2) is 35.4 Å². The van der Waals surface area contributed by atoms with Crippen molar-refractivity contribution in [1.29, 1.82) is 0 Å². The van der Waals surface area contributed by atoms with Crippen molar-refractivity contribution in [3.05, 3.63) is 63.6 Å². The molecule has 1 saturated carbocycles. The zero-order valence-corrected chi connectivity index (χ0v) is 20.1. The molecule has 1 fully saturated rings. The maximum absolute atomic E-state index is 13.2. The lowest BCUT2D eigenvalue weighted by Crippen LogP contribution is -2.50. The molecule has 31 heavy (non-hydrogen) atoms. The van der Waals surface area contributed by atoms with Crippen molar-refractivity contribution in [2.75, 3.05) is 6.61 Å². The molecule has 1 aliphatic rings. The molecule has 0 aromatic heterocycles. The maximum atomic E-state index is 13.2. The summed E-state index contributed by atoms with van der Waals surface area (Å²) in [4.78, 5) is 27.7. The van der Waals surface area contributed by atoms with Gasteiger partial charge in [-0.1, -0.05) is 58.6 Å². The van der Waals surface area contributed by atoms with Crippen LogP contribution in [0.15, 0.2) is 46.9 Å². The molecule has 0 bridgehead atoms. The molecule has 6 heteroatoms. The summed E-state index contributed by atoms with van der Waals surface area (Å²) >= 11 is 3.47. The fraction of sp³-hybridized carbons (Fsp3) is 0.440. The second-order valence-electron chi connectivity index (χ2n) is 8.38. The van der Waals surface area contributed by atoms with Gasteiger partial charge in [-0.25, -0.2) is 0 Å². The molecule has 2 aromatic carbocycles. The molecular weight excluding hydrogens is 456 g/mol. The second kappa shape index (κ2) is 10.8. The number of nitrogens with zero attached hydrogens (tertiary/aromatic N) is 1. The standard InChI is InChI=1S/C25H31BrN2O3/c1-17-7-6-8-20(13-17)15-28(19(3)25(30)27-21-9-4-5-10-21)24(29)16-31-22-11-12-23(26)18(2)14-22/h6-8,11-14,19,21H,4-5,9-10,15-16H2,1-3H3,(H,27,30)/t19-/m1/s1. The Morgan fingerprint density at radius 2 is 1.90 bits per heavy atom. The first-order valence-electron chi connectivity index (χ1n) is 10.9. The second-order valence-corrected chi connectivity index (χ2v) is 9.23. The van der Waals surface area contributed by atoms with Gasteiger partial charge in [0.1, 0.15) is 11.8 Å². The Morgan fingerprint density at radius 3 is 2.58 bits per heavy atom. The Balaban J connectivity index is 1.72. The first-order valence-corrected chi connectivity index (χ1v) is 11.7. The van der Waals surface area contributed by atoms with E-state index in [1.54, 1.807) is 11.8 Å². The van der Waals surface area contributed by atoms with Crippen LogP contribution in [0.5, 0.6) is 5.75 Å². The molecule has 1 N–H and O–H groups in total. The number of amides is 2. The number of rotatable bonds is 8. The monoisotopic (exact) mass is 486 g/mol. The van der Waals surface area contributed by atoms with Crippen molar-refractivity contribution in [2.24, 2.45) is 0 Å². The third-order valence-corrected chi connectivity index (χ3v) is 6.69. The van der Waals surface area contributed by atoms with Gasteiger partial charge in [0.2, 0.25) is 5.91 Å². The first-order chi connectivity index (χ1) is 14.8. The number of hydrogen-bond donors (Lipinski definition) is 1. The SMILES string of the molecule is Cc1cccc(CN(C(=O)COc2ccc(Br)c(C)c2)[C@H](C)C(=O)NC2CCCC2)c1. The number of aryl methyl sites for hydroxylation is 2. The van der Waals surface area contributed by atoms with Crippen molar-refractivity contribution in [2.45, 2.75) is 65.1 Å². The van der Waals surface area contributed by atoms with Crippen molar-refractivity contribution in [3.8, 4) is 5.75 Å². The molecule has 5 nitrogen and oxygen atoms in total. The molecule has 1 atom stereocenters. The van der Waals surface area contributed by atoms with Crippen LogP contribution in [0.3, 0.4) is 0 Å². The lowest BCUT2D eigenvalue weighted by Gasteiger charge is -2.29. The molecule has 0 saturated heterocycles. The smallest absolute Gasteiger partial charge is 0.261 e. The molecule has 2 amide bonds. The fourth-order valence-electron chi connectivity index (χ4n) is 3.92. The largest absolute Gasteiger partial charge is 0.484 e. The number of hydrogen-bond acceptors (Lipinski definition) is 3. The number of ether oxygens (including phenoxy) is 1. The highest BCUT2D eigenvalue weighted by molar-refractivity contribution is 9.10. The highest BCUT2D eigenvalue weighted by Gasteiger charge is 2.28. The van der Waals surface area contributed by atoms with Crippen molar-refractivity contribution >= 4 is 27.7 Å². The summed E-state index contributed by atoms with van der Waals surface area (Å²) in [5, 5.41) is 3.12. The van der Waals surface area contributed by atoms with Gasteiger partial charge in [-0.15, -0.1) is 0 Å². The fourth-order valence-corrected chi connectivity index (χ4v) is 4.16. The summed E-state index contributed by atoms with van der Waals surface area (Å²) < 4.78 is 6.76. The zero-order valence-electron chi connectivity index (χ0n) is 18.5. The molecule has 0 spiro atoms. The van der Waals surface area contributed by atoms with Crippen LogP contribution >= 0.6 is 15.9 Å².